The smallest absolute Gasteiger partial charge is 0.147 e. The molecule has 0 radical (unpaired) electrons. The van der Waals surface area contributed by atoms with Crippen LogP contribution in [0.25, 0.3) is 10.9 Å². The van der Waals surface area contributed by atoms with Crippen LogP contribution in [0.3, 0.4) is 0 Å². The molecule has 118 valence electrons. The Bertz CT molecular complexity index is 868. The largest absolute Gasteiger partial charge is 0.494 e. The third-order valence-electron chi connectivity index (χ3n) is 3.29. The molecule has 4 nitrogen and oxygen atoms in total. The molecule has 0 spiro atoms. The summed E-state index contributed by atoms with van der Waals surface area (Å²) in [5.74, 6) is 0.806. The third kappa shape index (κ3) is 3.49. The molecule has 0 aliphatic rings. The molecule has 0 atom stereocenters. The van der Waals surface area contributed by atoms with Crippen molar-refractivity contribution in [1.29, 1.82) is 0 Å². The molecule has 0 bridgehead atoms. The van der Waals surface area contributed by atoms with Gasteiger partial charge < -0.3 is 10.1 Å². The number of halogens is 2. The van der Waals surface area contributed by atoms with Crippen LogP contribution in [0.4, 0.5) is 11.4 Å². The van der Waals surface area contributed by atoms with E-state index in [1.807, 2.05) is 38.1 Å². The average Bonchev–Trinajstić information content (AvgIpc) is 2.52. The molecule has 1 N–H and O–H groups in total. The molecule has 1 aromatic carbocycles. The molecule has 23 heavy (non-hydrogen) atoms. The lowest BCUT2D eigenvalue weighted by molar-refractivity contribution is 0.340. The highest BCUT2D eigenvalue weighted by Gasteiger charge is 2.08. The van der Waals surface area contributed by atoms with Crippen LogP contribution in [0.1, 0.15) is 12.6 Å². The molecular weight excluding hydrogens is 333 g/mol. The van der Waals surface area contributed by atoms with Gasteiger partial charge in [0.1, 0.15) is 10.9 Å². The molecule has 0 aliphatic heterocycles. The lowest BCUT2D eigenvalue weighted by Gasteiger charge is -2.12. The predicted molar refractivity (Wildman–Crippen MR) is 95.2 cm³/mol. The van der Waals surface area contributed by atoms with E-state index in [4.69, 9.17) is 27.9 Å². The van der Waals surface area contributed by atoms with E-state index in [-0.39, 0.29) is 5.15 Å². The minimum Gasteiger partial charge on any atom is -0.494 e. The van der Waals surface area contributed by atoms with Crippen molar-refractivity contribution in [3.8, 4) is 5.75 Å². The van der Waals surface area contributed by atoms with Crippen LogP contribution < -0.4 is 10.1 Å². The second-order valence-corrected chi connectivity index (χ2v) is 5.81. The van der Waals surface area contributed by atoms with Crippen LogP contribution >= 0.6 is 23.2 Å². The van der Waals surface area contributed by atoms with Gasteiger partial charge in [-0.2, -0.15) is 0 Å². The summed E-state index contributed by atoms with van der Waals surface area (Å²) in [5.41, 5.74) is 3.48. The highest BCUT2D eigenvalue weighted by molar-refractivity contribution is 6.41. The molecule has 6 heteroatoms. The van der Waals surface area contributed by atoms with E-state index < -0.39 is 0 Å². The maximum atomic E-state index is 6.03. The number of hydrogen-bond donors (Lipinski definition) is 1. The number of pyridine rings is 2. The summed E-state index contributed by atoms with van der Waals surface area (Å²) in [6.07, 6.45) is 1.64. The van der Waals surface area contributed by atoms with Gasteiger partial charge >= 0.3 is 0 Å². The van der Waals surface area contributed by atoms with Crippen LogP contribution in [-0.2, 0) is 0 Å². The van der Waals surface area contributed by atoms with Gasteiger partial charge in [0.25, 0.3) is 0 Å². The minimum atomic E-state index is 0.284. The van der Waals surface area contributed by atoms with Crippen molar-refractivity contribution in [3.63, 3.8) is 0 Å². The van der Waals surface area contributed by atoms with E-state index in [0.29, 0.717) is 11.6 Å². The number of fused-ring (bicyclic) bond motifs is 1. The number of nitrogens with one attached hydrogen (secondary N) is 1. The molecule has 0 fully saturated rings. The van der Waals surface area contributed by atoms with E-state index in [2.05, 4.69) is 15.3 Å². The molecule has 3 aromatic rings. The number of anilines is 2. The summed E-state index contributed by atoms with van der Waals surface area (Å²) < 4.78 is 5.58. The molecule has 0 aliphatic carbocycles. The van der Waals surface area contributed by atoms with Crippen LogP contribution in [0.5, 0.6) is 5.75 Å². The van der Waals surface area contributed by atoms with Crippen molar-refractivity contribution in [2.45, 2.75) is 13.8 Å². The number of nitrogens with zero attached hydrogens (tertiary/aromatic N) is 2. The summed E-state index contributed by atoms with van der Waals surface area (Å²) >= 11 is 11.9. The molecular formula is C17H15Cl2N3O. The molecule has 0 unspecified atom stereocenters. The van der Waals surface area contributed by atoms with Gasteiger partial charge in [0.05, 0.1) is 29.0 Å². The Morgan fingerprint density at radius 1 is 1.17 bits per heavy atom. The van der Waals surface area contributed by atoms with Gasteiger partial charge in [0.2, 0.25) is 0 Å². The quantitative estimate of drug-likeness (QED) is 0.643. The van der Waals surface area contributed by atoms with Crippen molar-refractivity contribution in [2.24, 2.45) is 0 Å². The number of aryl methyl sites for hydroxylation is 1. The second-order valence-electron chi connectivity index (χ2n) is 5.04. The maximum Gasteiger partial charge on any atom is 0.147 e. The van der Waals surface area contributed by atoms with Gasteiger partial charge in [-0.15, -0.1) is 0 Å². The first-order valence-electron chi connectivity index (χ1n) is 7.19. The first kappa shape index (κ1) is 15.8. The number of hydrogen-bond acceptors (Lipinski definition) is 4. The Kier molecular flexibility index (Phi) is 4.55. The lowest BCUT2D eigenvalue weighted by atomic mass is 10.1. The van der Waals surface area contributed by atoms with Crippen LogP contribution in [0, 0.1) is 6.92 Å². The lowest BCUT2D eigenvalue weighted by Crippen LogP contribution is -1.97. The predicted octanol–water partition coefficient (Wildman–Crippen LogP) is 5.39. The Labute approximate surface area is 144 Å². The topological polar surface area (TPSA) is 47.0 Å². The molecule has 2 aromatic heterocycles. The number of ether oxygens (including phenoxy) is 1. The SMILES string of the molecule is CCOc1ccc2nc(C)cc(Nc3cnc(Cl)c(Cl)c3)c2c1. The van der Waals surface area contributed by atoms with Crippen LogP contribution in [0.15, 0.2) is 36.5 Å². The van der Waals surface area contributed by atoms with E-state index in [1.165, 1.54) is 0 Å². The maximum absolute atomic E-state index is 6.03. The fourth-order valence-corrected chi connectivity index (χ4v) is 2.61. The number of rotatable bonds is 4. The Hall–Kier alpha value is -2.04. The summed E-state index contributed by atoms with van der Waals surface area (Å²) in [6, 6.07) is 9.55. The summed E-state index contributed by atoms with van der Waals surface area (Å²) in [5, 5.41) is 4.98. The average molecular weight is 348 g/mol. The first-order valence-corrected chi connectivity index (χ1v) is 7.94. The van der Waals surface area contributed by atoms with Gasteiger partial charge in [-0.05, 0) is 44.2 Å². The zero-order valence-electron chi connectivity index (χ0n) is 12.7. The Morgan fingerprint density at radius 3 is 2.74 bits per heavy atom. The van der Waals surface area contributed by atoms with Gasteiger partial charge in [-0.1, -0.05) is 23.2 Å². The normalized spacial score (nSPS) is 10.8. The van der Waals surface area contributed by atoms with Crippen LogP contribution in [-0.4, -0.2) is 16.6 Å². The Balaban J connectivity index is 2.07. The van der Waals surface area contributed by atoms with E-state index >= 15 is 0 Å². The van der Waals surface area contributed by atoms with E-state index in [0.717, 1.165) is 33.7 Å². The molecule has 0 saturated carbocycles. The zero-order valence-corrected chi connectivity index (χ0v) is 14.2. The van der Waals surface area contributed by atoms with Crippen molar-refractivity contribution in [1.82, 2.24) is 9.97 Å². The van der Waals surface area contributed by atoms with Crippen LogP contribution in [0.2, 0.25) is 10.2 Å². The van der Waals surface area contributed by atoms with Gasteiger partial charge in [-0.3, -0.25) is 4.98 Å². The standard InChI is InChI=1S/C17H15Cl2N3O/c1-3-23-12-4-5-15-13(8-12)16(6-10(2)21-15)22-11-7-14(18)17(19)20-9-11/h4-9H,3H2,1-2H3,(H,21,22). The van der Waals surface area contributed by atoms with Crippen molar-refractivity contribution in [2.75, 3.05) is 11.9 Å². The van der Waals surface area contributed by atoms with Gasteiger partial charge in [-0.25, -0.2) is 4.98 Å². The molecule has 0 saturated heterocycles. The Morgan fingerprint density at radius 2 is 2.00 bits per heavy atom. The highest BCUT2D eigenvalue weighted by Crippen LogP contribution is 2.31. The van der Waals surface area contributed by atoms with Crippen molar-refractivity contribution < 1.29 is 4.74 Å². The number of benzene rings is 1. The van der Waals surface area contributed by atoms with E-state index in [1.54, 1.807) is 12.3 Å². The fraction of sp³-hybridized carbons (Fsp3) is 0.176. The summed E-state index contributed by atoms with van der Waals surface area (Å²) in [7, 11) is 0. The summed E-state index contributed by atoms with van der Waals surface area (Å²) in [6.45, 7) is 4.52. The van der Waals surface area contributed by atoms with Gasteiger partial charge in [0, 0.05) is 16.8 Å². The monoisotopic (exact) mass is 347 g/mol. The number of aromatic nitrogens is 2. The van der Waals surface area contributed by atoms with E-state index in [9.17, 15) is 0 Å². The van der Waals surface area contributed by atoms with Crippen molar-refractivity contribution in [3.05, 3.63) is 52.4 Å². The zero-order chi connectivity index (χ0) is 16.4. The minimum absolute atomic E-state index is 0.284. The van der Waals surface area contributed by atoms with Crippen molar-refractivity contribution >= 4 is 45.5 Å². The first-order chi connectivity index (χ1) is 11.1. The molecule has 2 heterocycles. The second kappa shape index (κ2) is 6.60. The highest BCUT2D eigenvalue weighted by atomic mass is 35.5. The molecule has 0 amide bonds. The molecule has 3 rings (SSSR count). The van der Waals surface area contributed by atoms with Gasteiger partial charge in [0.15, 0.2) is 0 Å². The summed E-state index contributed by atoms with van der Waals surface area (Å²) in [4.78, 5) is 8.61. The fourth-order valence-electron chi connectivity index (χ4n) is 2.34. The third-order valence-corrected chi connectivity index (χ3v) is 3.98.